The highest BCUT2D eigenvalue weighted by molar-refractivity contribution is 5.93. The Kier molecular flexibility index (Phi) is 6.06. The lowest BCUT2D eigenvalue weighted by atomic mass is 10.1. The van der Waals surface area contributed by atoms with Crippen molar-refractivity contribution >= 4 is 23.2 Å². The maximum Gasteiger partial charge on any atom is 0.228 e. The van der Waals surface area contributed by atoms with Crippen molar-refractivity contribution < 1.29 is 14.0 Å². The van der Waals surface area contributed by atoms with Crippen LogP contribution in [0.4, 0.5) is 15.8 Å². The third-order valence-electron chi connectivity index (χ3n) is 5.25. The molecule has 0 bridgehead atoms. The number of fused-ring (bicyclic) bond motifs is 1. The van der Waals surface area contributed by atoms with Gasteiger partial charge in [-0.25, -0.2) is 4.39 Å². The highest BCUT2D eigenvalue weighted by atomic mass is 19.1. The van der Waals surface area contributed by atoms with E-state index in [-0.39, 0.29) is 23.9 Å². The van der Waals surface area contributed by atoms with E-state index in [0.717, 1.165) is 49.2 Å². The minimum Gasteiger partial charge on any atom is -0.326 e. The molecule has 0 atom stereocenters. The lowest BCUT2D eigenvalue weighted by molar-refractivity contribution is -0.116. The molecule has 3 aromatic rings. The van der Waals surface area contributed by atoms with Gasteiger partial charge in [0, 0.05) is 31.1 Å². The van der Waals surface area contributed by atoms with Crippen LogP contribution in [0.15, 0.2) is 42.5 Å². The van der Waals surface area contributed by atoms with Gasteiger partial charge in [-0.2, -0.15) is 0 Å². The summed E-state index contributed by atoms with van der Waals surface area (Å²) in [6, 6.07) is 11.6. The summed E-state index contributed by atoms with van der Waals surface area (Å²) in [6.07, 6.45) is 4.28. The van der Waals surface area contributed by atoms with E-state index < -0.39 is 5.82 Å². The van der Waals surface area contributed by atoms with E-state index in [4.69, 9.17) is 0 Å². The van der Waals surface area contributed by atoms with Gasteiger partial charge in [-0.3, -0.25) is 9.59 Å². The van der Waals surface area contributed by atoms with Crippen molar-refractivity contribution in [1.82, 2.24) is 14.8 Å². The molecule has 1 aliphatic rings. The summed E-state index contributed by atoms with van der Waals surface area (Å²) < 4.78 is 16.5. The maximum absolute atomic E-state index is 14.4. The predicted octanol–water partition coefficient (Wildman–Crippen LogP) is 3.95. The first kappa shape index (κ1) is 20.7. The average molecular weight is 421 g/mol. The van der Waals surface area contributed by atoms with Gasteiger partial charge in [0.2, 0.25) is 11.8 Å². The van der Waals surface area contributed by atoms with E-state index >= 15 is 0 Å². The van der Waals surface area contributed by atoms with Gasteiger partial charge in [0.1, 0.15) is 11.6 Å². The van der Waals surface area contributed by atoms with E-state index in [1.54, 1.807) is 36.4 Å². The number of amides is 2. The van der Waals surface area contributed by atoms with Crippen LogP contribution >= 0.6 is 0 Å². The molecule has 0 aliphatic carbocycles. The van der Waals surface area contributed by atoms with E-state index in [9.17, 15) is 14.0 Å². The Balaban J connectivity index is 1.48. The van der Waals surface area contributed by atoms with Gasteiger partial charge in [-0.05, 0) is 48.7 Å². The van der Waals surface area contributed by atoms with Crippen LogP contribution in [-0.2, 0) is 29.0 Å². The van der Waals surface area contributed by atoms with E-state index in [1.807, 2.05) is 0 Å². The molecule has 1 aliphatic heterocycles. The molecule has 0 saturated heterocycles. The quantitative estimate of drug-likeness (QED) is 0.653. The Morgan fingerprint density at radius 2 is 1.84 bits per heavy atom. The predicted molar refractivity (Wildman–Crippen MR) is 116 cm³/mol. The van der Waals surface area contributed by atoms with Gasteiger partial charge >= 0.3 is 0 Å². The molecule has 0 radical (unpaired) electrons. The van der Waals surface area contributed by atoms with Gasteiger partial charge in [0.05, 0.1) is 12.1 Å². The van der Waals surface area contributed by atoms with Gasteiger partial charge < -0.3 is 15.2 Å². The number of hydrogen-bond acceptors (Lipinski definition) is 4. The molecular weight excluding hydrogens is 397 g/mol. The van der Waals surface area contributed by atoms with Crippen LogP contribution in [0.5, 0.6) is 0 Å². The first-order chi connectivity index (χ1) is 15.0. The average Bonchev–Trinajstić information content (AvgIpc) is 2.99. The van der Waals surface area contributed by atoms with Crippen molar-refractivity contribution in [1.29, 1.82) is 0 Å². The Hall–Kier alpha value is -3.55. The molecule has 4 rings (SSSR count). The molecular formula is C23H24FN5O2. The number of halogens is 1. The number of anilines is 2. The molecule has 160 valence electrons. The zero-order valence-electron chi connectivity index (χ0n) is 17.3. The molecule has 1 aromatic heterocycles. The van der Waals surface area contributed by atoms with Crippen LogP contribution in [0.25, 0.3) is 11.4 Å². The molecule has 7 nitrogen and oxygen atoms in total. The van der Waals surface area contributed by atoms with E-state index in [1.165, 1.54) is 13.0 Å². The highest BCUT2D eigenvalue weighted by Gasteiger charge is 2.18. The molecule has 0 saturated carbocycles. The van der Waals surface area contributed by atoms with Crippen LogP contribution < -0.4 is 10.6 Å². The normalized spacial score (nSPS) is 13.2. The van der Waals surface area contributed by atoms with Crippen molar-refractivity contribution in [3.63, 3.8) is 0 Å². The Morgan fingerprint density at radius 3 is 2.61 bits per heavy atom. The smallest absolute Gasteiger partial charge is 0.228 e. The summed E-state index contributed by atoms with van der Waals surface area (Å²) in [4.78, 5) is 23.6. The number of carbonyl (C=O) groups excluding carboxylic acids is 2. The fourth-order valence-corrected chi connectivity index (χ4v) is 3.75. The van der Waals surface area contributed by atoms with E-state index in [0.29, 0.717) is 11.5 Å². The van der Waals surface area contributed by atoms with Crippen LogP contribution in [0.2, 0.25) is 0 Å². The lowest BCUT2D eigenvalue weighted by Gasteiger charge is -2.11. The van der Waals surface area contributed by atoms with Crippen molar-refractivity contribution in [3.05, 3.63) is 59.7 Å². The molecule has 2 aromatic carbocycles. The first-order valence-electron chi connectivity index (χ1n) is 10.4. The topological polar surface area (TPSA) is 88.9 Å². The standard InChI is InChI=1S/C23H24FN5O2/c1-15(30)25-18-9-6-16(7-10-18)13-22(31)26-20-14-17(8-11-19(20)24)23-28-27-21-5-3-2-4-12-29(21)23/h6-11,14H,2-5,12-13H2,1H3,(H,25,30)(H,26,31). The number of aromatic nitrogens is 3. The molecule has 0 spiro atoms. The van der Waals surface area contributed by atoms with Gasteiger partial charge in [-0.1, -0.05) is 18.6 Å². The third kappa shape index (κ3) is 4.96. The first-order valence-corrected chi connectivity index (χ1v) is 10.4. The van der Waals surface area contributed by atoms with Gasteiger partial charge in [0.15, 0.2) is 5.82 Å². The van der Waals surface area contributed by atoms with Crippen molar-refractivity contribution in [3.8, 4) is 11.4 Å². The second-order valence-corrected chi connectivity index (χ2v) is 7.70. The summed E-state index contributed by atoms with van der Waals surface area (Å²) >= 11 is 0. The van der Waals surface area contributed by atoms with Crippen LogP contribution in [0.3, 0.4) is 0 Å². The lowest BCUT2D eigenvalue weighted by Crippen LogP contribution is -2.15. The molecule has 2 heterocycles. The minimum absolute atomic E-state index is 0.0876. The monoisotopic (exact) mass is 421 g/mol. The largest absolute Gasteiger partial charge is 0.326 e. The number of aryl methyl sites for hydroxylation is 1. The molecule has 2 amide bonds. The van der Waals surface area contributed by atoms with Crippen molar-refractivity contribution in [2.75, 3.05) is 10.6 Å². The summed E-state index contributed by atoms with van der Waals surface area (Å²) in [5, 5.41) is 13.9. The van der Waals surface area contributed by atoms with Crippen LogP contribution in [0, 0.1) is 5.82 Å². The number of benzene rings is 2. The minimum atomic E-state index is -0.506. The number of hydrogen-bond donors (Lipinski definition) is 2. The fourth-order valence-electron chi connectivity index (χ4n) is 3.75. The van der Waals surface area contributed by atoms with Crippen molar-refractivity contribution in [2.24, 2.45) is 0 Å². The molecule has 2 N–H and O–H groups in total. The molecule has 8 heteroatoms. The fraction of sp³-hybridized carbons (Fsp3) is 0.304. The number of carbonyl (C=O) groups is 2. The molecule has 31 heavy (non-hydrogen) atoms. The van der Waals surface area contributed by atoms with Crippen molar-refractivity contribution in [2.45, 2.75) is 45.6 Å². The second-order valence-electron chi connectivity index (χ2n) is 7.70. The zero-order valence-corrected chi connectivity index (χ0v) is 17.3. The third-order valence-corrected chi connectivity index (χ3v) is 5.25. The SMILES string of the molecule is CC(=O)Nc1ccc(CC(=O)Nc2cc(-c3nnc4n3CCCCC4)ccc2F)cc1. The molecule has 0 unspecified atom stereocenters. The number of nitrogens with one attached hydrogen (secondary N) is 2. The Morgan fingerprint density at radius 1 is 1.03 bits per heavy atom. The highest BCUT2D eigenvalue weighted by Crippen LogP contribution is 2.26. The Bertz CT molecular complexity index is 1110. The Labute approximate surface area is 179 Å². The van der Waals surface area contributed by atoms with Gasteiger partial charge in [-0.15, -0.1) is 10.2 Å². The number of rotatable bonds is 5. The summed E-state index contributed by atoms with van der Waals surface area (Å²) in [5.41, 5.74) is 2.24. The van der Waals surface area contributed by atoms with Crippen LogP contribution in [-0.4, -0.2) is 26.6 Å². The zero-order chi connectivity index (χ0) is 21.8. The van der Waals surface area contributed by atoms with Crippen LogP contribution in [0.1, 0.15) is 37.6 Å². The number of nitrogens with zero attached hydrogens (tertiary/aromatic N) is 3. The summed E-state index contributed by atoms with van der Waals surface area (Å²) in [7, 11) is 0. The maximum atomic E-state index is 14.4. The second kappa shape index (κ2) is 9.07. The molecule has 0 fully saturated rings. The van der Waals surface area contributed by atoms with Gasteiger partial charge in [0.25, 0.3) is 0 Å². The summed E-state index contributed by atoms with van der Waals surface area (Å²) in [6.45, 7) is 2.27. The summed E-state index contributed by atoms with van der Waals surface area (Å²) in [5.74, 6) is 0.647. The van der Waals surface area contributed by atoms with E-state index in [2.05, 4.69) is 25.4 Å².